The Morgan fingerprint density at radius 1 is 0.903 bits per heavy atom. The van der Waals surface area contributed by atoms with E-state index in [9.17, 15) is 9.59 Å². The zero-order valence-electron chi connectivity index (χ0n) is 18.1. The number of nitrogens with zero attached hydrogens (tertiary/aromatic N) is 1. The number of fused-ring (bicyclic) bond motifs is 1. The zero-order chi connectivity index (χ0) is 21.8. The van der Waals surface area contributed by atoms with Gasteiger partial charge in [-0.25, -0.2) is 0 Å². The van der Waals surface area contributed by atoms with Gasteiger partial charge in [0.2, 0.25) is 11.8 Å². The summed E-state index contributed by atoms with van der Waals surface area (Å²) in [6.07, 6.45) is 1.18. The lowest BCUT2D eigenvalue weighted by Gasteiger charge is -2.30. The van der Waals surface area contributed by atoms with E-state index in [4.69, 9.17) is 0 Å². The highest BCUT2D eigenvalue weighted by atomic mass is 16.2. The van der Waals surface area contributed by atoms with Crippen LogP contribution in [0.2, 0.25) is 0 Å². The number of anilines is 1. The van der Waals surface area contributed by atoms with Crippen LogP contribution in [0.1, 0.15) is 30.5 Å². The fourth-order valence-electron chi connectivity index (χ4n) is 4.02. The average molecular weight is 413 g/mol. The van der Waals surface area contributed by atoms with Gasteiger partial charge in [-0.3, -0.25) is 9.59 Å². The van der Waals surface area contributed by atoms with Gasteiger partial charge in [0.1, 0.15) is 0 Å². The second-order valence-corrected chi connectivity index (χ2v) is 8.44. The molecule has 0 atom stereocenters. The lowest BCUT2D eigenvalue weighted by Crippen LogP contribution is -2.38. The van der Waals surface area contributed by atoms with Crippen LogP contribution in [-0.4, -0.2) is 23.3 Å². The second-order valence-electron chi connectivity index (χ2n) is 8.44. The fourth-order valence-corrected chi connectivity index (χ4v) is 4.02. The molecular formula is C27H28N2O2. The first-order valence-corrected chi connectivity index (χ1v) is 10.8. The minimum absolute atomic E-state index is 0.00212. The van der Waals surface area contributed by atoms with Crippen molar-refractivity contribution in [2.24, 2.45) is 5.92 Å². The molecule has 31 heavy (non-hydrogen) atoms. The van der Waals surface area contributed by atoms with Crippen molar-refractivity contribution < 1.29 is 9.59 Å². The van der Waals surface area contributed by atoms with Crippen molar-refractivity contribution >= 4 is 17.5 Å². The first-order valence-electron chi connectivity index (χ1n) is 10.8. The maximum atomic E-state index is 12.6. The number of hydrogen-bond donors (Lipinski definition) is 1. The third kappa shape index (κ3) is 5.02. The van der Waals surface area contributed by atoms with Crippen LogP contribution in [0.3, 0.4) is 0 Å². The smallest absolute Gasteiger partial charge is 0.228 e. The van der Waals surface area contributed by atoms with Gasteiger partial charge in [-0.15, -0.1) is 0 Å². The summed E-state index contributed by atoms with van der Waals surface area (Å²) in [6.45, 7) is 5.23. The molecule has 1 aliphatic heterocycles. The third-order valence-corrected chi connectivity index (χ3v) is 5.73. The van der Waals surface area contributed by atoms with Crippen molar-refractivity contribution in [3.63, 3.8) is 0 Å². The maximum absolute atomic E-state index is 12.6. The van der Waals surface area contributed by atoms with Crippen LogP contribution in [0, 0.1) is 5.92 Å². The minimum atomic E-state index is -0.0432. The zero-order valence-corrected chi connectivity index (χ0v) is 18.1. The molecule has 1 heterocycles. The Balaban J connectivity index is 1.39. The summed E-state index contributed by atoms with van der Waals surface area (Å²) >= 11 is 0. The Bertz CT molecular complexity index is 1070. The number of nitrogens with one attached hydrogen (secondary N) is 1. The molecule has 0 aromatic heterocycles. The minimum Gasteiger partial charge on any atom is -0.338 e. The lowest BCUT2D eigenvalue weighted by atomic mass is 9.98. The maximum Gasteiger partial charge on any atom is 0.228 e. The molecule has 0 saturated heterocycles. The molecular weight excluding hydrogens is 384 g/mol. The largest absolute Gasteiger partial charge is 0.338 e. The topological polar surface area (TPSA) is 49.4 Å². The van der Waals surface area contributed by atoms with E-state index in [0.29, 0.717) is 13.0 Å². The van der Waals surface area contributed by atoms with Gasteiger partial charge in [0.15, 0.2) is 0 Å². The molecule has 4 heteroatoms. The molecule has 158 valence electrons. The number of carbonyl (C=O) groups is 2. The SMILES string of the molecule is CC(C)C(=O)N1CCc2ccc(NC(=O)Cc3ccc(-c4ccccc4)cc3)cc2C1. The predicted molar refractivity (Wildman–Crippen MR) is 125 cm³/mol. The van der Waals surface area contributed by atoms with Crippen molar-refractivity contribution in [2.45, 2.75) is 33.2 Å². The molecule has 3 aromatic rings. The summed E-state index contributed by atoms with van der Waals surface area (Å²) in [4.78, 5) is 26.8. The molecule has 1 N–H and O–H groups in total. The van der Waals surface area contributed by atoms with E-state index in [1.807, 2.05) is 61.2 Å². The number of amides is 2. The van der Waals surface area contributed by atoms with Crippen LogP contribution in [0.15, 0.2) is 72.8 Å². The average Bonchev–Trinajstić information content (AvgIpc) is 2.79. The highest BCUT2D eigenvalue weighted by Crippen LogP contribution is 2.24. The molecule has 2 amide bonds. The molecule has 0 bridgehead atoms. The molecule has 0 unspecified atom stereocenters. The van der Waals surface area contributed by atoms with Crippen molar-refractivity contribution in [1.82, 2.24) is 4.90 Å². The molecule has 0 radical (unpaired) electrons. The van der Waals surface area contributed by atoms with Gasteiger partial charge in [-0.2, -0.15) is 0 Å². The van der Waals surface area contributed by atoms with Gasteiger partial charge in [0.05, 0.1) is 6.42 Å². The van der Waals surface area contributed by atoms with Crippen molar-refractivity contribution in [3.8, 4) is 11.1 Å². The summed E-state index contributed by atoms with van der Waals surface area (Å²) in [6, 6.07) is 24.3. The number of hydrogen-bond acceptors (Lipinski definition) is 2. The Morgan fingerprint density at radius 3 is 2.32 bits per heavy atom. The highest BCUT2D eigenvalue weighted by Gasteiger charge is 2.22. The summed E-state index contributed by atoms with van der Waals surface area (Å²) in [5, 5.41) is 3.01. The van der Waals surface area contributed by atoms with Crippen LogP contribution >= 0.6 is 0 Å². The molecule has 4 nitrogen and oxygen atoms in total. The Morgan fingerprint density at radius 2 is 1.61 bits per heavy atom. The molecule has 0 saturated carbocycles. The number of carbonyl (C=O) groups excluding carboxylic acids is 2. The summed E-state index contributed by atoms with van der Waals surface area (Å²) in [5.74, 6) is 0.134. The fraction of sp³-hybridized carbons (Fsp3) is 0.259. The van der Waals surface area contributed by atoms with Crippen molar-refractivity contribution in [2.75, 3.05) is 11.9 Å². The summed E-state index contributed by atoms with van der Waals surface area (Å²) < 4.78 is 0. The van der Waals surface area contributed by atoms with E-state index in [2.05, 4.69) is 35.6 Å². The van der Waals surface area contributed by atoms with Gasteiger partial charge in [0.25, 0.3) is 0 Å². The van der Waals surface area contributed by atoms with Crippen molar-refractivity contribution in [3.05, 3.63) is 89.5 Å². The highest BCUT2D eigenvalue weighted by molar-refractivity contribution is 5.92. The van der Waals surface area contributed by atoms with Gasteiger partial charge in [-0.1, -0.05) is 74.5 Å². The van der Waals surface area contributed by atoms with Crippen molar-refractivity contribution in [1.29, 1.82) is 0 Å². The summed E-state index contributed by atoms with van der Waals surface area (Å²) in [5.41, 5.74) is 6.43. The van der Waals surface area contributed by atoms with E-state index < -0.39 is 0 Å². The Kier molecular flexibility index (Phi) is 6.17. The van der Waals surface area contributed by atoms with Gasteiger partial charge < -0.3 is 10.2 Å². The molecule has 3 aromatic carbocycles. The van der Waals surface area contributed by atoms with Crippen LogP contribution < -0.4 is 5.32 Å². The molecule has 4 rings (SSSR count). The number of benzene rings is 3. The van der Waals surface area contributed by atoms with E-state index in [1.165, 1.54) is 5.56 Å². The van der Waals surface area contributed by atoms with E-state index in [0.717, 1.165) is 40.9 Å². The number of rotatable bonds is 5. The van der Waals surface area contributed by atoms with Crippen LogP contribution in [-0.2, 0) is 29.0 Å². The van der Waals surface area contributed by atoms with Gasteiger partial charge in [-0.05, 0) is 46.4 Å². The van der Waals surface area contributed by atoms with E-state index in [-0.39, 0.29) is 17.7 Å². The van der Waals surface area contributed by atoms with E-state index >= 15 is 0 Å². The van der Waals surface area contributed by atoms with Crippen LogP contribution in [0.4, 0.5) is 5.69 Å². The predicted octanol–water partition coefficient (Wildman–Crippen LogP) is 5.08. The van der Waals surface area contributed by atoms with Gasteiger partial charge >= 0.3 is 0 Å². The Hall–Kier alpha value is -3.40. The lowest BCUT2D eigenvalue weighted by molar-refractivity contribution is -0.135. The van der Waals surface area contributed by atoms with Crippen LogP contribution in [0.25, 0.3) is 11.1 Å². The van der Waals surface area contributed by atoms with Crippen LogP contribution in [0.5, 0.6) is 0 Å². The molecule has 0 aliphatic carbocycles. The summed E-state index contributed by atoms with van der Waals surface area (Å²) in [7, 11) is 0. The molecule has 1 aliphatic rings. The van der Waals surface area contributed by atoms with Gasteiger partial charge in [0, 0.05) is 24.7 Å². The third-order valence-electron chi connectivity index (χ3n) is 5.73. The quantitative estimate of drug-likeness (QED) is 0.636. The Labute approximate surface area is 183 Å². The first kappa shape index (κ1) is 20.9. The normalized spacial score (nSPS) is 13.1. The second kappa shape index (κ2) is 9.17. The van der Waals surface area contributed by atoms with E-state index in [1.54, 1.807) is 0 Å². The monoisotopic (exact) mass is 412 g/mol. The molecule has 0 spiro atoms. The standard InChI is InChI=1S/C27H28N2O2/c1-19(2)27(31)29-15-14-23-12-13-25(17-24(23)18-29)28-26(30)16-20-8-10-22(11-9-20)21-6-4-3-5-7-21/h3-13,17,19H,14-16,18H2,1-2H3,(H,28,30). The first-order chi connectivity index (χ1) is 15.0. The molecule has 0 fully saturated rings.